The largest absolute Gasteiger partial charge is 0.348 e. The Balaban J connectivity index is 1.67. The lowest BCUT2D eigenvalue weighted by atomic mass is 10.1. The van der Waals surface area contributed by atoms with E-state index in [1.165, 1.54) is 12.3 Å². The van der Waals surface area contributed by atoms with E-state index in [0.29, 0.717) is 17.8 Å². The summed E-state index contributed by atoms with van der Waals surface area (Å²) in [4.78, 5) is 28.8. The molecule has 0 saturated carbocycles. The number of benzene rings is 2. The van der Waals surface area contributed by atoms with Crippen molar-refractivity contribution in [2.24, 2.45) is 0 Å². The van der Waals surface area contributed by atoms with Crippen LogP contribution in [-0.2, 0) is 6.54 Å². The monoisotopic (exact) mass is 345 g/mol. The fraction of sp³-hybridized carbons (Fsp3) is 0.0952. The van der Waals surface area contributed by atoms with Gasteiger partial charge in [-0.15, -0.1) is 0 Å². The van der Waals surface area contributed by atoms with Crippen molar-refractivity contribution in [1.82, 2.24) is 10.3 Å². The lowest BCUT2D eigenvalue weighted by Crippen LogP contribution is -2.24. The highest BCUT2D eigenvalue weighted by Crippen LogP contribution is 2.10. The van der Waals surface area contributed by atoms with Crippen LogP contribution >= 0.6 is 0 Å². The van der Waals surface area contributed by atoms with Gasteiger partial charge in [0.05, 0.1) is 0 Å². The number of pyridine rings is 1. The van der Waals surface area contributed by atoms with Crippen molar-refractivity contribution in [2.75, 3.05) is 5.32 Å². The number of aryl methyl sites for hydroxylation is 1. The van der Waals surface area contributed by atoms with E-state index in [2.05, 4.69) is 15.6 Å². The maximum Gasteiger partial charge on any atom is 0.274 e. The van der Waals surface area contributed by atoms with Gasteiger partial charge in [0.2, 0.25) is 0 Å². The average molecular weight is 345 g/mol. The summed E-state index contributed by atoms with van der Waals surface area (Å²) in [5.74, 6) is -0.603. The lowest BCUT2D eigenvalue weighted by Gasteiger charge is -2.09. The molecule has 5 heteroatoms. The molecule has 0 fully saturated rings. The van der Waals surface area contributed by atoms with Crippen LogP contribution in [0.1, 0.15) is 32.0 Å². The molecule has 1 aromatic heterocycles. The molecule has 1 heterocycles. The molecule has 0 aliphatic heterocycles. The van der Waals surface area contributed by atoms with Crippen molar-refractivity contribution in [3.63, 3.8) is 0 Å². The second-order valence-corrected chi connectivity index (χ2v) is 5.86. The number of nitrogens with zero attached hydrogens (tertiary/aromatic N) is 1. The Morgan fingerprint density at radius 3 is 2.42 bits per heavy atom. The summed E-state index contributed by atoms with van der Waals surface area (Å²) >= 11 is 0. The number of aromatic nitrogens is 1. The molecule has 0 unspecified atom stereocenters. The first kappa shape index (κ1) is 17.4. The Morgan fingerprint density at radius 1 is 0.923 bits per heavy atom. The summed E-state index contributed by atoms with van der Waals surface area (Å²) in [6, 6.07) is 20.1. The maximum atomic E-state index is 12.4. The van der Waals surface area contributed by atoms with Gasteiger partial charge in [-0.3, -0.25) is 14.6 Å². The predicted molar refractivity (Wildman–Crippen MR) is 101 cm³/mol. The summed E-state index contributed by atoms with van der Waals surface area (Å²) < 4.78 is 0. The molecule has 5 nitrogen and oxygen atoms in total. The SMILES string of the molecule is Cc1ccccc1CNC(=O)c1ccnc(C(=O)Nc2ccccc2)c1. The third-order valence-corrected chi connectivity index (χ3v) is 3.99. The standard InChI is InChI=1S/C21H19N3O2/c1-15-7-5-6-8-17(15)14-23-20(25)16-11-12-22-19(13-16)21(26)24-18-9-3-2-4-10-18/h2-13H,14H2,1H3,(H,23,25)(H,24,26). The first-order chi connectivity index (χ1) is 12.6. The molecule has 3 rings (SSSR count). The number of para-hydroxylation sites is 1. The molecule has 0 aliphatic rings. The normalized spacial score (nSPS) is 10.2. The van der Waals surface area contributed by atoms with E-state index < -0.39 is 0 Å². The fourth-order valence-corrected chi connectivity index (χ4v) is 2.50. The zero-order valence-corrected chi connectivity index (χ0v) is 14.4. The quantitative estimate of drug-likeness (QED) is 0.742. The molecule has 2 aromatic carbocycles. The Labute approximate surface area is 152 Å². The Bertz CT molecular complexity index is 923. The van der Waals surface area contributed by atoms with E-state index in [1.807, 2.05) is 49.4 Å². The van der Waals surface area contributed by atoms with Crippen LogP contribution in [0, 0.1) is 6.92 Å². The van der Waals surface area contributed by atoms with Gasteiger partial charge < -0.3 is 10.6 Å². The smallest absolute Gasteiger partial charge is 0.274 e. The Kier molecular flexibility index (Phi) is 5.39. The van der Waals surface area contributed by atoms with Crippen LogP contribution in [0.4, 0.5) is 5.69 Å². The molecule has 0 bridgehead atoms. The molecule has 2 N–H and O–H groups in total. The van der Waals surface area contributed by atoms with Crippen LogP contribution in [0.15, 0.2) is 72.9 Å². The van der Waals surface area contributed by atoms with Gasteiger partial charge in [-0.05, 0) is 42.3 Å². The van der Waals surface area contributed by atoms with Crippen molar-refractivity contribution < 1.29 is 9.59 Å². The highest BCUT2D eigenvalue weighted by Gasteiger charge is 2.12. The van der Waals surface area contributed by atoms with Gasteiger partial charge in [-0.1, -0.05) is 42.5 Å². The topological polar surface area (TPSA) is 71.1 Å². The number of hydrogen-bond acceptors (Lipinski definition) is 3. The van der Waals surface area contributed by atoms with Crippen LogP contribution in [-0.4, -0.2) is 16.8 Å². The molecule has 26 heavy (non-hydrogen) atoms. The van der Waals surface area contributed by atoms with Crippen molar-refractivity contribution in [3.8, 4) is 0 Å². The number of carbonyl (C=O) groups is 2. The molecule has 2 amide bonds. The van der Waals surface area contributed by atoms with Crippen LogP contribution in [0.3, 0.4) is 0 Å². The molecule has 0 saturated heterocycles. The van der Waals surface area contributed by atoms with Gasteiger partial charge in [-0.25, -0.2) is 0 Å². The van der Waals surface area contributed by atoms with Gasteiger partial charge in [0.1, 0.15) is 5.69 Å². The zero-order valence-electron chi connectivity index (χ0n) is 14.4. The summed E-state index contributed by atoms with van der Waals surface area (Å²) in [6.45, 7) is 2.43. The van der Waals surface area contributed by atoms with E-state index in [4.69, 9.17) is 0 Å². The highest BCUT2D eigenvalue weighted by atomic mass is 16.2. The Hall–Kier alpha value is -3.47. The van der Waals surface area contributed by atoms with Crippen molar-refractivity contribution in [2.45, 2.75) is 13.5 Å². The third-order valence-electron chi connectivity index (χ3n) is 3.99. The minimum absolute atomic E-state index is 0.192. The van der Waals surface area contributed by atoms with Crippen molar-refractivity contribution in [3.05, 3.63) is 95.3 Å². The van der Waals surface area contributed by atoms with Gasteiger partial charge in [0.25, 0.3) is 11.8 Å². The summed E-state index contributed by atoms with van der Waals surface area (Å²) in [7, 11) is 0. The van der Waals surface area contributed by atoms with E-state index in [1.54, 1.807) is 18.2 Å². The van der Waals surface area contributed by atoms with E-state index in [-0.39, 0.29) is 17.5 Å². The molecule has 0 aliphatic carbocycles. The number of carbonyl (C=O) groups excluding carboxylic acids is 2. The van der Waals surface area contributed by atoms with Crippen LogP contribution in [0.5, 0.6) is 0 Å². The number of hydrogen-bond donors (Lipinski definition) is 2. The number of amides is 2. The first-order valence-corrected chi connectivity index (χ1v) is 8.28. The van der Waals surface area contributed by atoms with E-state index in [9.17, 15) is 9.59 Å². The second kappa shape index (κ2) is 8.07. The maximum absolute atomic E-state index is 12.4. The van der Waals surface area contributed by atoms with Crippen LogP contribution in [0.25, 0.3) is 0 Å². The molecular weight excluding hydrogens is 326 g/mol. The summed E-state index contributed by atoms with van der Waals surface area (Å²) in [6.07, 6.45) is 1.46. The molecule has 3 aromatic rings. The molecule has 130 valence electrons. The first-order valence-electron chi connectivity index (χ1n) is 8.28. The van der Waals surface area contributed by atoms with E-state index in [0.717, 1.165) is 11.1 Å². The Morgan fingerprint density at radius 2 is 1.65 bits per heavy atom. The molecule has 0 atom stereocenters. The predicted octanol–water partition coefficient (Wildman–Crippen LogP) is 3.57. The fourth-order valence-electron chi connectivity index (χ4n) is 2.50. The number of rotatable bonds is 5. The molecule has 0 spiro atoms. The second-order valence-electron chi connectivity index (χ2n) is 5.86. The highest BCUT2D eigenvalue weighted by molar-refractivity contribution is 6.04. The third kappa shape index (κ3) is 4.33. The van der Waals surface area contributed by atoms with Crippen LogP contribution < -0.4 is 10.6 Å². The van der Waals surface area contributed by atoms with Crippen molar-refractivity contribution >= 4 is 17.5 Å². The molecular formula is C21H19N3O2. The van der Waals surface area contributed by atoms with Crippen LogP contribution in [0.2, 0.25) is 0 Å². The van der Waals surface area contributed by atoms with Gasteiger partial charge in [0.15, 0.2) is 0 Å². The average Bonchev–Trinajstić information content (AvgIpc) is 2.68. The number of nitrogens with one attached hydrogen (secondary N) is 2. The number of anilines is 1. The zero-order chi connectivity index (χ0) is 18.4. The van der Waals surface area contributed by atoms with Gasteiger partial charge in [0, 0.05) is 24.0 Å². The summed E-state index contributed by atoms with van der Waals surface area (Å²) in [5.41, 5.74) is 3.43. The summed E-state index contributed by atoms with van der Waals surface area (Å²) in [5, 5.41) is 5.63. The van der Waals surface area contributed by atoms with Crippen molar-refractivity contribution in [1.29, 1.82) is 0 Å². The van der Waals surface area contributed by atoms with Gasteiger partial charge in [-0.2, -0.15) is 0 Å². The van der Waals surface area contributed by atoms with Gasteiger partial charge >= 0.3 is 0 Å². The lowest BCUT2D eigenvalue weighted by molar-refractivity contribution is 0.0950. The minimum atomic E-state index is -0.357. The molecule has 0 radical (unpaired) electrons. The van der Waals surface area contributed by atoms with E-state index >= 15 is 0 Å². The minimum Gasteiger partial charge on any atom is -0.348 e.